The van der Waals surface area contributed by atoms with Gasteiger partial charge in [-0.25, -0.2) is 4.79 Å². The molecule has 144 valence electrons. The number of methoxy groups -OCH3 is 1. The average Bonchev–Trinajstić information content (AvgIpc) is 2.61. The summed E-state index contributed by atoms with van der Waals surface area (Å²) in [5, 5.41) is 11.2. The first-order chi connectivity index (χ1) is 12.7. The van der Waals surface area contributed by atoms with Gasteiger partial charge in [0.1, 0.15) is 11.5 Å². The lowest BCUT2D eigenvalue weighted by molar-refractivity contribution is -0.385. The van der Waals surface area contributed by atoms with Crippen molar-refractivity contribution < 1.29 is 23.9 Å². The van der Waals surface area contributed by atoms with Crippen molar-refractivity contribution in [3.05, 3.63) is 57.6 Å². The molecule has 0 aromatic heterocycles. The first-order valence-electron chi connectivity index (χ1n) is 8.54. The molecular weight excluding hydrogens is 350 g/mol. The van der Waals surface area contributed by atoms with E-state index in [0.717, 1.165) is 5.56 Å². The fraction of sp³-hybridized carbons (Fsp3) is 0.350. The van der Waals surface area contributed by atoms with Crippen molar-refractivity contribution in [2.75, 3.05) is 7.11 Å². The molecular formula is C20H23NO6. The van der Waals surface area contributed by atoms with E-state index in [-0.39, 0.29) is 11.4 Å². The molecule has 2 aromatic carbocycles. The van der Waals surface area contributed by atoms with Gasteiger partial charge in [0.2, 0.25) is 5.75 Å². The van der Waals surface area contributed by atoms with E-state index in [2.05, 4.69) is 13.8 Å². The zero-order chi connectivity index (χ0) is 20.1. The van der Waals surface area contributed by atoms with Crippen LogP contribution in [0.5, 0.6) is 17.2 Å². The SMILES string of the molecule is COc1ccc(OC(=O)C(C)Oc2ccc(C(C)C)c(C)c2)c([N+](=O)[O-])c1. The van der Waals surface area contributed by atoms with Crippen LogP contribution in [0.4, 0.5) is 5.69 Å². The minimum absolute atomic E-state index is 0.160. The molecule has 7 heteroatoms. The molecule has 0 radical (unpaired) electrons. The number of hydrogen-bond donors (Lipinski definition) is 0. The number of nitro groups is 1. The van der Waals surface area contributed by atoms with Crippen molar-refractivity contribution in [3.63, 3.8) is 0 Å². The third-order valence-corrected chi connectivity index (χ3v) is 4.08. The number of ether oxygens (including phenoxy) is 3. The van der Waals surface area contributed by atoms with Crippen molar-refractivity contribution in [2.45, 2.75) is 39.7 Å². The molecule has 1 atom stereocenters. The fourth-order valence-corrected chi connectivity index (χ4v) is 2.67. The number of esters is 1. The Labute approximate surface area is 158 Å². The summed E-state index contributed by atoms with van der Waals surface area (Å²) in [6.07, 6.45) is -0.934. The summed E-state index contributed by atoms with van der Waals surface area (Å²) in [5.74, 6) is 0.329. The molecule has 0 aliphatic carbocycles. The Bertz CT molecular complexity index is 846. The van der Waals surface area contributed by atoms with Gasteiger partial charge in [-0.3, -0.25) is 10.1 Å². The molecule has 2 rings (SSSR count). The minimum atomic E-state index is -0.934. The summed E-state index contributed by atoms with van der Waals surface area (Å²) in [4.78, 5) is 22.9. The maximum absolute atomic E-state index is 12.3. The number of hydrogen-bond acceptors (Lipinski definition) is 6. The highest BCUT2D eigenvalue weighted by molar-refractivity contribution is 5.78. The van der Waals surface area contributed by atoms with Crippen molar-refractivity contribution >= 4 is 11.7 Å². The predicted molar refractivity (Wildman–Crippen MR) is 101 cm³/mol. The second-order valence-corrected chi connectivity index (χ2v) is 6.45. The molecule has 7 nitrogen and oxygen atoms in total. The Kier molecular flexibility index (Phi) is 6.39. The first kappa shape index (κ1) is 20.2. The highest BCUT2D eigenvalue weighted by Gasteiger charge is 2.23. The zero-order valence-electron chi connectivity index (χ0n) is 16.0. The number of nitro benzene ring substituents is 1. The summed E-state index contributed by atoms with van der Waals surface area (Å²) in [6, 6.07) is 9.61. The summed E-state index contributed by atoms with van der Waals surface area (Å²) < 4.78 is 15.8. The van der Waals surface area contributed by atoms with E-state index in [4.69, 9.17) is 14.2 Å². The van der Waals surface area contributed by atoms with Gasteiger partial charge >= 0.3 is 11.7 Å². The van der Waals surface area contributed by atoms with Crippen molar-refractivity contribution in [2.24, 2.45) is 0 Å². The van der Waals surface area contributed by atoms with Gasteiger partial charge in [-0.1, -0.05) is 19.9 Å². The molecule has 0 amide bonds. The number of rotatable bonds is 7. The van der Waals surface area contributed by atoms with Gasteiger partial charge in [-0.15, -0.1) is 0 Å². The molecule has 0 heterocycles. The van der Waals surface area contributed by atoms with Crippen LogP contribution in [0.25, 0.3) is 0 Å². The van der Waals surface area contributed by atoms with Gasteiger partial charge in [0.15, 0.2) is 6.10 Å². The standard InChI is InChI=1S/C20H23NO6/c1-12(2)17-8-6-16(10-13(17)3)26-14(4)20(22)27-19-9-7-15(25-5)11-18(19)21(23)24/h6-12,14H,1-5H3. The highest BCUT2D eigenvalue weighted by Crippen LogP contribution is 2.31. The molecule has 27 heavy (non-hydrogen) atoms. The Hall–Kier alpha value is -3.09. The molecule has 0 N–H and O–H groups in total. The van der Waals surface area contributed by atoms with E-state index < -0.39 is 17.0 Å². The Balaban J connectivity index is 2.12. The Morgan fingerprint density at radius 2 is 1.74 bits per heavy atom. The van der Waals surface area contributed by atoms with Gasteiger partial charge in [0.05, 0.1) is 18.1 Å². The second kappa shape index (κ2) is 8.53. The van der Waals surface area contributed by atoms with E-state index in [1.165, 1.54) is 37.8 Å². The van der Waals surface area contributed by atoms with Crippen LogP contribution in [0.1, 0.15) is 37.8 Å². The number of carbonyl (C=O) groups excluding carboxylic acids is 1. The lowest BCUT2D eigenvalue weighted by Gasteiger charge is -2.16. The third kappa shape index (κ3) is 4.97. The highest BCUT2D eigenvalue weighted by atomic mass is 16.6. The van der Waals surface area contributed by atoms with Crippen LogP contribution in [0.2, 0.25) is 0 Å². The van der Waals surface area contributed by atoms with E-state index in [1.54, 1.807) is 6.07 Å². The quantitative estimate of drug-likeness (QED) is 0.309. The lowest BCUT2D eigenvalue weighted by atomic mass is 9.98. The molecule has 2 aromatic rings. The molecule has 0 aliphatic heterocycles. The number of nitrogens with zero attached hydrogens (tertiary/aromatic N) is 1. The number of carbonyl (C=O) groups is 1. The lowest BCUT2D eigenvalue weighted by Crippen LogP contribution is -2.28. The van der Waals surface area contributed by atoms with Crippen LogP contribution in [0.15, 0.2) is 36.4 Å². The summed E-state index contributed by atoms with van der Waals surface area (Å²) in [6.45, 7) is 7.71. The van der Waals surface area contributed by atoms with E-state index in [9.17, 15) is 14.9 Å². The van der Waals surface area contributed by atoms with Gasteiger partial charge < -0.3 is 14.2 Å². The van der Waals surface area contributed by atoms with Crippen LogP contribution in [0.3, 0.4) is 0 Å². The maximum Gasteiger partial charge on any atom is 0.352 e. The molecule has 0 saturated carbocycles. The molecule has 0 fully saturated rings. The average molecular weight is 373 g/mol. The molecule has 1 unspecified atom stereocenters. The third-order valence-electron chi connectivity index (χ3n) is 4.08. The number of aryl methyl sites for hydroxylation is 1. The fourth-order valence-electron chi connectivity index (χ4n) is 2.67. The van der Waals surface area contributed by atoms with Gasteiger partial charge in [0, 0.05) is 0 Å². The van der Waals surface area contributed by atoms with Crippen molar-refractivity contribution in [3.8, 4) is 17.2 Å². The van der Waals surface area contributed by atoms with Crippen LogP contribution in [-0.4, -0.2) is 24.1 Å². The predicted octanol–water partition coefficient (Wildman–Crippen LogP) is 4.41. The molecule has 0 aliphatic rings. The smallest absolute Gasteiger partial charge is 0.352 e. The maximum atomic E-state index is 12.3. The van der Waals surface area contributed by atoms with E-state index in [1.807, 2.05) is 19.1 Å². The van der Waals surface area contributed by atoms with Crippen LogP contribution >= 0.6 is 0 Å². The zero-order valence-corrected chi connectivity index (χ0v) is 16.0. The topological polar surface area (TPSA) is 87.9 Å². The van der Waals surface area contributed by atoms with E-state index in [0.29, 0.717) is 17.4 Å². The van der Waals surface area contributed by atoms with Crippen LogP contribution in [-0.2, 0) is 4.79 Å². The molecule has 0 spiro atoms. The monoisotopic (exact) mass is 373 g/mol. The second-order valence-electron chi connectivity index (χ2n) is 6.45. The summed E-state index contributed by atoms with van der Waals surface area (Å²) in [7, 11) is 1.40. The number of benzene rings is 2. The van der Waals surface area contributed by atoms with Gasteiger partial charge in [-0.05, 0) is 55.2 Å². The Morgan fingerprint density at radius 1 is 1.07 bits per heavy atom. The first-order valence-corrected chi connectivity index (χ1v) is 8.54. The minimum Gasteiger partial charge on any atom is -0.496 e. The summed E-state index contributed by atoms with van der Waals surface area (Å²) >= 11 is 0. The molecule has 0 saturated heterocycles. The van der Waals surface area contributed by atoms with Crippen LogP contribution in [0, 0.1) is 17.0 Å². The van der Waals surface area contributed by atoms with Crippen LogP contribution < -0.4 is 14.2 Å². The Morgan fingerprint density at radius 3 is 2.30 bits per heavy atom. The summed E-state index contributed by atoms with van der Waals surface area (Å²) in [5.41, 5.74) is 1.91. The van der Waals surface area contributed by atoms with E-state index >= 15 is 0 Å². The van der Waals surface area contributed by atoms with Gasteiger partial charge in [-0.2, -0.15) is 0 Å². The van der Waals surface area contributed by atoms with Gasteiger partial charge in [0.25, 0.3) is 0 Å². The van der Waals surface area contributed by atoms with Crippen molar-refractivity contribution in [1.29, 1.82) is 0 Å². The van der Waals surface area contributed by atoms with Crippen molar-refractivity contribution in [1.82, 2.24) is 0 Å². The normalized spacial score (nSPS) is 11.8. The largest absolute Gasteiger partial charge is 0.496 e. The molecule has 0 bridgehead atoms.